The van der Waals surface area contributed by atoms with E-state index in [2.05, 4.69) is 0 Å². The summed E-state index contributed by atoms with van der Waals surface area (Å²) in [6.45, 7) is 2.13. The lowest BCUT2D eigenvalue weighted by Crippen LogP contribution is -2.40. The van der Waals surface area contributed by atoms with E-state index in [1.54, 1.807) is 17.5 Å². The number of rotatable bonds is 5. The molecule has 5 nitrogen and oxygen atoms in total. The Bertz CT molecular complexity index is 511. The highest BCUT2D eigenvalue weighted by Crippen LogP contribution is 2.27. The number of hydrogen-bond donors (Lipinski definition) is 1. The molecular formula is C12H20N2O3S2. The summed E-state index contributed by atoms with van der Waals surface area (Å²) in [5.74, 6) is 0.294. The van der Waals surface area contributed by atoms with Gasteiger partial charge in [-0.3, -0.25) is 0 Å². The number of hydrogen-bond acceptors (Lipinski definition) is 5. The molecule has 108 valence electrons. The van der Waals surface area contributed by atoms with Crippen LogP contribution in [0.5, 0.6) is 0 Å². The van der Waals surface area contributed by atoms with E-state index in [-0.39, 0.29) is 0 Å². The first-order valence-electron chi connectivity index (χ1n) is 6.34. The minimum atomic E-state index is -3.36. The van der Waals surface area contributed by atoms with Crippen molar-refractivity contribution in [2.45, 2.75) is 23.6 Å². The topological polar surface area (TPSA) is 72.6 Å². The normalized spacial score (nSPS) is 21.7. The molecule has 1 unspecified atom stereocenters. The van der Waals surface area contributed by atoms with Gasteiger partial charge in [0.25, 0.3) is 10.0 Å². The second-order valence-corrected chi connectivity index (χ2v) is 7.88. The molecule has 0 saturated carbocycles. The highest BCUT2D eigenvalue weighted by Gasteiger charge is 2.31. The molecule has 1 fully saturated rings. The van der Waals surface area contributed by atoms with Crippen LogP contribution in [0.25, 0.3) is 0 Å². The molecule has 1 aromatic heterocycles. The van der Waals surface area contributed by atoms with Gasteiger partial charge in [0.05, 0.1) is 6.61 Å². The van der Waals surface area contributed by atoms with Crippen LogP contribution in [-0.2, 0) is 21.3 Å². The fourth-order valence-corrected chi connectivity index (χ4v) is 5.27. The first-order chi connectivity index (χ1) is 9.07. The molecule has 1 saturated heterocycles. The molecular weight excluding hydrogens is 284 g/mol. The van der Waals surface area contributed by atoms with E-state index in [9.17, 15) is 8.42 Å². The average molecular weight is 304 g/mol. The Morgan fingerprint density at radius 3 is 3.00 bits per heavy atom. The van der Waals surface area contributed by atoms with Crippen molar-refractivity contribution in [3.05, 3.63) is 17.0 Å². The van der Waals surface area contributed by atoms with Gasteiger partial charge in [0.1, 0.15) is 4.21 Å². The Labute approximate surface area is 118 Å². The average Bonchev–Trinajstić information content (AvgIpc) is 2.89. The van der Waals surface area contributed by atoms with Crippen LogP contribution in [0.2, 0.25) is 0 Å². The Kier molecular flexibility index (Phi) is 4.97. The van der Waals surface area contributed by atoms with Crippen LogP contribution in [0.1, 0.15) is 18.4 Å². The maximum absolute atomic E-state index is 12.5. The van der Waals surface area contributed by atoms with Crippen LogP contribution in [-0.4, -0.2) is 39.5 Å². The van der Waals surface area contributed by atoms with Crippen molar-refractivity contribution in [1.82, 2.24) is 4.31 Å². The number of methoxy groups -OCH3 is 1. The standard InChI is InChI=1S/C12H20N2O3S2/c1-17-8-10-3-2-4-14(7-10)19(15,16)12-5-11(6-13)9-18-12/h5,9-10H,2-4,6-8,13H2,1H3. The molecule has 0 spiro atoms. The van der Waals surface area contributed by atoms with Crippen LogP contribution >= 0.6 is 11.3 Å². The fourth-order valence-electron chi connectivity index (χ4n) is 2.34. The van der Waals surface area contributed by atoms with Crippen molar-refractivity contribution in [2.75, 3.05) is 26.8 Å². The van der Waals surface area contributed by atoms with Gasteiger partial charge >= 0.3 is 0 Å². The van der Waals surface area contributed by atoms with Gasteiger partial charge in [-0.05, 0) is 35.8 Å². The smallest absolute Gasteiger partial charge is 0.252 e. The van der Waals surface area contributed by atoms with Gasteiger partial charge in [0, 0.05) is 26.7 Å². The Morgan fingerprint density at radius 2 is 2.37 bits per heavy atom. The third-order valence-electron chi connectivity index (χ3n) is 3.34. The van der Waals surface area contributed by atoms with Gasteiger partial charge in [-0.1, -0.05) is 0 Å². The maximum Gasteiger partial charge on any atom is 0.252 e. The lowest BCUT2D eigenvalue weighted by atomic mass is 10.0. The number of thiophene rings is 1. The zero-order valence-electron chi connectivity index (χ0n) is 11.0. The van der Waals surface area contributed by atoms with Gasteiger partial charge in [0.15, 0.2) is 0 Å². The number of piperidine rings is 1. The second-order valence-electron chi connectivity index (χ2n) is 4.80. The van der Waals surface area contributed by atoms with Crippen molar-refractivity contribution in [3.8, 4) is 0 Å². The third kappa shape index (κ3) is 3.35. The van der Waals surface area contributed by atoms with Crippen molar-refractivity contribution in [2.24, 2.45) is 11.7 Å². The molecule has 1 aliphatic heterocycles. The summed E-state index contributed by atoms with van der Waals surface area (Å²) in [7, 11) is -1.71. The third-order valence-corrected chi connectivity index (χ3v) is 6.67. The summed E-state index contributed by atoms with van der Waals surface area (Å²) >= 11 is 1.25. The Hall–Kier alpha value is -0.470. The molecule has 2 heterocycles. The molecule has 19 heavy (non-hydrogen) atoms. The minimum Gasteiger partial charge on any atom is -0.384 e. The largest absolute Gasteiger partial charge is 0.384 e. The summed E-state index contributed by atoms with van der Waals surface area (Å²) in [4.78, 5) is 0. The van der Waals surface area contributed by atoms with E-state index in [1.165, 1.54) is 11.3 Å². The van der Waals surface area contributed by atoms with Crippen LogP contribution in [0.15, 0.2) is 15.7 Å². The highest BCUT2D eigenvalue weighted by atomic mass is 32.2. The molecule has 0 amide bonds. The van der Waals surface area contributed by atoms with Crippen LogP contribution in [0, 0.1) is 5.92 Å². The molecule has 0 radical (unpaired) electrons. The van der Waals surface area contributed by atoms with Gasteiger partial charge in [0.2, 0.25) is 0 Å². The minimum absolute atomic E-state index is 0.294. The lowest BCUT2D eigenvalue weighted by molar-refractivity contribution is 0.118. The van der Waals surface area contributed by atoms with Crippen LogP contribution in [0.4, 0.5) is 0 Å². The van der Waals surface area contributed by atoms with E-state index in [1.807, 2.05) is 5.38 Å². The van der Waals surface area contributed by atoms with Crippen LogP contribution in [0.3, 0.4) is 0 Å². The maximum atomic E-state index is 12.5. The molecule has 0 aromatic carbocycles. The number of nitrogens with zero attached hydrogens (tertiary/aromatic N) is 1. The SMILES string of the molecule is COCC1CCCN(S(=O)(=O)c2cc(CN)cs2)C1. The second kappa shape index (κ2) is 6.32. The van der Waals surface area contributed by atoms with Crippen molar-refractivity contribution in [3.63, 3.8) is 0 Å². The Balaban J connectivity index is 2.14. The van der Waals surface area contributed by atoms with Crippen molar-refractivity contribution >= 4 is 21.4 Å². The molecule has 0 aliphatic carbocycles. The monoisotopic (exact) mass is 304 g/mol. The van der Waals surface area contributed by atoms with Crippen molar-refractivity contribution < 1.29 is 13.2 Å². The molecule has 7 heteroatoms. The lowest BCUT2D eigenvalue weighted by Gasteiger charge is -2.31. The molecule has 0 bridgehead atoms. The molecule has 1 aliphatic rings. The molecule has 2 rings (SSSR count). The number of nitrogens with two attached hydrogens (primary N) is 1. The summed E-state index contributed by atoms with van der Waals surface area (Å²) in [6, 6.07) is 1.68. The zero-order valence-corrected chi connectivity index (χ0v) is 12.7. The van der Waals surface area contributed by atoms with E-state index in [0.717, 1.165) is 18.4 Å². The number of ether oxygens (including phenoxy) is 1. The predicted molar refractivity (Wildman–Crippen MR) is 75.6 cm³/mol. The molecule has 1 aromatic rings. The molecule has 2 N–H and O–H groups in total. The van der Waals surface area contributed by atoms with E-state index >= 15 is 0 Å². The summed E-state index contributed by atoms with van der Waals surface area (Å²) in [5, 5.41) is 1.81. The quantitative estimate of drug-likeness (QED) is 0.888. The number of sulfonamides is 1. The van der Waals surface area contributed by atoms with E-state index in [4.69, 9.17) is 10.5 Å². The highest BCUT2D eigenvalue weighted by molar-refractivity contribution is 7.91. The Morgan fingerprint density at radius 1 is 1.58 bits per heavy atom. The summed E-state index contributed by atoms with van der Waals surface area (Å²) in [5.41, 5.74) is 6.40. The zero-order chi connectivity index (χ0) is 13.9. The van der Waals surface area contributed by atoms with Crippen molar-refractivity contribution in [1.29, 1.82) is 0 Å². The first-order valence-corrected chi connectivity index (χ1v) is 8.66. The fraction of sp³-hybridized carbons (Fsp3) is 0.667. The van der Waals surface area contributed by atoms with Gasteiger partial charge in [-0.25, -0.2) is 8.42 Å². The van der Waals surface area contributed by atoms with Gasteiger partial charge < -0.3 is 10.5 Å². The first kappa shape index (κ1) is 14.9. The van der Waals surface area contributed by atoms with Crippen LogP contribution < -0.4 is 5.73 Å². The van der Waals surface area contributed by atoms with E-state index in [0.29, 0.717) is 36.4 Å². The van der Waals surface area contributed by atoms with E-state index < -0.39 is 10.0 Å². The van der Waals surface area contributed by atoms with Gasteiger partial charge in [-0.15, -0.1) is 11.3 Å². The summed E-state index contributed by atoms with van der Waals surface area (Å²) in [6.07, 6.45) is 1.92. The predicted octanol–water partition coefficient (Wildman–Crippen LogP) is 1.25. The summed E-state index contributed by atoms with van der Waals surface area (Å²) < 4.78 is 32.1. The van der Waals surface area contributed by atoms with Gasteiger partial charge in [-0.2, -0.15) is 4.31 Å². The molecule has 1 atom stereocenters.